The van der Waals surface area contributed by atoms with Crippen LogP contribution in [-0.4, -0.2) is 49.3 Å². The molecule has 0 spiro atoms. The Kier molecular flexibility index (Phi) is 6.99. The fraction of sp³-hybridized carbons (Fsp3) is 0.444. The molecule has 2 rings (SSSR count). The first-order valence-corrected chi connectivity index (χ1v) is 8.17. The van der Waals surface area contributed by atoms with Crippen LogP contribution in [0.4, 0.5) is 5.69 Å². The molecule has 1 aliphatic rings. The standard InChI is InChI=1S/C18H23NO7/c1-11(21)24-13-9-16(18(22)23-2)26-17(10-13)25-15-6-5-12(4-3-7-20)8-14(15)19/h3-6,8,13,16-17,20H,7,9-10,19H2,1-2H3/b4-3+. The van der Waals surface area contributed by atoms with Gasteiger partial charge in [-0.2, -0.15) is 0 Å². The summed E-state index contributed by atoms with van der Waals surface area (Å²) >= 11 is 0. The van der Waals surface area contributed by atoms with Crippen LogP contribution in [0.3, 0.4) is 0 Å². The van der Waals surface area contributed by atoms with E-state index >= 15 is 0 Å². The van der Waals surface area contributed by atoms with Crippen LogP contribution < -0.4 is 10.5 Å². The van der Waals surface area contributed by atoms with Crippen LogP contribution >= 0.6 is 0 Å². The lowest BCUT2D eigenvalue weighted by molar-refractivity contribution is -0.204. The number of methoxy groups -OCH3 is 1. The summed E-state index contributed by atoms with van der Waals surface area (Å²) in [6.45, 7) is 1.23. The van der Waals surface area contributed by atoms with Crippen LogP contribution in [0.2, 0.25) is 0 Å². The zero-order valence-electron chi connectivity index (χ0n) is 14.7. The van der Waals surface area contributed by atoms with Gasteiger partial charge in [0, 0.05) is 19.8 Å². The molecule has 26 heavy (non-hydrogen) atoms. The number of ether oxygens (including phenoxy) is 4. The second-order valence-electron chi connectivity index (χ2n) is 5.78. The van der Waals surface area contributed by atoms with Crippen molar-refractivity contribution in [2.75, 3.05) is 19.5 Å². The van der Waals surface area contributed by atoms with Gasteiger partial charge in [-0.15, -0.1) is 0 Å². The summed E-state index contributed by atoms with van der Waals surface area (Å²) in [7, 11) is 1.26. The number of aliphatic hydroxyl groups excluding tert-OH is 1. The molecule has 1 heterocycles. The van der Waals surface area contributed by atoms with Gasteiger partial charge in [-0.3, -0.25) is 4.79 Å². The normalized spacial score (nSPS) is 22.8. The van der Waals surface area contributed by atoms with Crippen molar-refractivity contribution in [2.24, 2.45) is 0 Å². The van der Waals surface area contributed by atoms with E-state index in [1.165, 1.54) is 14.0 Å². The Labute approximate surface area is 151 Å². The third kappa shape index (κ3) is 5.47. The first kappa shape index (κ1) is 19.7. The minimum Gasteiger partial charge on any atom is -0.467 e. The third-order valence-corrected chi connectivity index (χ3v) is 3.75. The summed E-state index contributed by atoms with van der Waals surface area (Å²) in [5.41, 5.74) is 7.17. The van der Waals surface area contributed by atoms with Gasteiger partial charge in [0.1, 0.15) is 11.9 Å². The van der Waals surface area contributed by atoms with E-state index in [0.29, 0.717) is 11.4 Å². The molecule has 1 aromatic carbocycles. The maximum Gasteiger partial charge on any atom is 0.335 e. The lowest BCUT2D eigenvalue weighted by atomic mass is 10.0. The van der Waals surface area contributed by atoms with Crippen molar-refractivity contribution in [3.8, 4) is 5.75 Å². The zero-order chi connectivity index (χ0) is 19.1. The largest absolute Gasteiger partial charge is 0.467 e. The molecular weight excluding hydrogens is 342 g/mol. The number of esters is 2. The SMILES string of the molecule is COC(=O)C1CC(OC(C)=O)CC(Oc2ccc(/C=C/CO)cc2N)O1. The predicted molar refractivity (Wildman–Crippen MR) is 93.1 cm³/mol. The number of benzene rings is 1. The van der Waals surface area contributed by atoms with Gasteiger partial charge in [0.05, 0.1) is 19.4 Å². The van der Waals surface area contributed by atoms with E-state index in [1.54, 1.807) is 30.4 Å². The van der Waals surface area contributed by atoms with Crippen molar-refractivity contribution < 1.29 is 33.6 Å². The minimum atomic E-state index is -0.893. The molecule has 3 atom stereocenters. The van der Waals surface area contributed by atoms with Gasteiger partial charge < -0.3 is 29.8 Å². The number of hydrogen-bond acceptors (Lipinski definition) is 8. The number of anilines is 1. The lowest BCUT2D eigenvalue weighted by Crippen LogP contribution is -2.44. The molecular formula is C18H23NO7. The summed E-state index contributed by atoms with van der Waals surface area (Å²) in [6.07, 6.45) is 1.54. The van der Waals surface area contributed by atoms with Crippen LogP contribution in [0.25, 0.3) is 6.08 Å². The Morgan fingerprint density at radius 3 is 2.77 bits per heavy atom. The molecule has 1 aromatic rings. The van der Waals surface area contributed by atoms with E-state index in [0.717, 1.165) is 5.56 Å². The fourth-order valence-electron chi connectivity index (χ4n) is 2.64. The van der Waals surface area contributed by atoms with Gasteiger partial charge in [0.2, 0.25) is 6.29 Å². The van der Waals surface area contributed by atoms with Gasteiger partial charge in [0.15, 0.2) is 6.10 Å². The highest BCUT2D eigenvalue weighted by Gasteiger charge is 2.37. The van der Waals surface area contributed by atoms with Crippen molar-refractivity contribution in [1.82, 2.24) is 0 Å². The van der Waals surface area contributed by atoms with Crippen molar-refractivity contribution in [3.05, 3.63) is 29.8 Å². The lowest BCUT2D eigenvalue weighted by Gasteiger charge is -2.33. The highest BCUT2D eigenvalue weighted by Crippen LogP contribution is 2.29. The molecule has 0 aliphatic carbocycles. The number of carbonyl (C=O) groups excluding carboxylic acids is 2. The Morgan fingerprint density at radius 2 is 2.15 bits per heavy atom. The quantitative estimate of drug-likeness (QED) is 0.571. The minimum absolute atomic E-state index is 0.0689. The van der Waals surface area contributed by atoms with Crippen LogP contribution in [0.5, 0.6) is 5.75 Å². The maximum absolute atomic E-state index is 11.8. The second-order valence-corrected chi connectivity index (χ2v) is 5.78. The Morgan fingerprint density at radius 1 is 1.38 bits per heavy atom. The number of nitrogen functional groups attached to an aromatic ring is 1. The third-order valence-electron chi connectivity index (χ3n) is 3.75. The van der Waals surface area contributed by atoms with Gasteiger partial charge in [0.25, 0.3) is 0 Å². The monoisotopic (exact) mass is 365 g/mol. The van der Waals surface area contributed by atoms with Gasteiger partial charge in [-0.1, -0.05) is 18.2 Å². The van der Waals surface area contributed by atoms with E-state index in [1.807, 2.05) is 0 Å². The number of rotatable bonds is 6. The van der Waals surface area contributed by atoms with Crippen LogP contribution in [0.15, 0.2) is 24.3 Å². The molecule has 0 aromatic heterocycles. The summed E-state index contributed by atoms with van der Waals surface area (Å²) in [5, 5.41) is 8.81. The highest BCUT2D eigenvalue weighted by atomic mass is 16.7. The molecule has 3 N–H and O–H groups in total. The Hall–Kier alpha value is -2.58. The van der Waals surface area contributed by atoms with E-state index in [2.05, 4.69) is 0 Å². The molecule has 0 radical (unpaired) electrons. The van der Waals surface area contributed by atoms with Gasteiger partial charge in [-0.05, 0) is 17.7 Å². The van der Waals surface area contributed by atoms with Gasteiger partial charge in [-0.25, -0.2) is 4.79 Å². The van der Waals surface area contributed by atoms with Crippen molar-refractivity contribution in [3.63, 3.8) is 0 Å². The molecule has 8 nitrogen and oxygen atoms in total. The molecule has 142 valence electrons. The van der Waals surface area contributed by atoms with Crippen molar-refractivity contribution in [2.45, 2.75) is 38.3 Å². The molecule has 0 saturated carbocycles. The highest BCUT2D eigenvalue weighted by molar-refractivity contribution is 5.75. The Bertz CT molecular complexity index is 674. The average molecular weight is 365 g/mol. The van der Waals surface area contributed by atoms with Gasteiger partial charge >= 0.3 is 11.9 Å². The number of carbonyl (C=O) groups is 2. The van der Waals surface area contributed by atoms with E-state index in [4.69, 9.17) is 29.8 Å². The van der Waals surface area contributed by atoms with E-state index in [-0.39, 0.29) is 19.4 Å². The first-order valence-electron chi connectivity index (χ1n) is 8.17. The first-order chi connectivity index (χ1) is 12.4. The number of aliphatic hydroxyl groups is 1. The molecule has 1 saturated heterocycles. The molecule has 3 unspecified atom stereocenters. The van der Waals surface area contributed by atoms with E-state index < -0.39 is 30.4 Å². The molecule has 1 fully saturated rings. The Balaban J connectivity index is 2.11. The van der Waals surface area contributed by atoms with Crippen molar-refractivity contribution >= 4 is 23.7 Å². The van der Waals surface area contributed by atoms with Crippen LogP contribution in [0.1, 0.15) is 25.3 Å². The number of nitrogens with two attached hydrogens (primary N) is 1. The molecule has 8 heteroatoms. The molecule has 1 aliphatic heterocycles. The summed E-state index contributed by atoms with van der Waals surface area (Å²) in [4.78, 5) is 23.0. The van der Waals surface area contributed by atoms with Crippen molar-refractivity contribution in [1.29, 1.82) is 0 Å². The zero-order valence-corrected chi connectivity index (χ0v) is 14.7. The predicted octanol–water partition coefficient (Wildman–Crippen LogP) is 1.26. The molecule has 0 amide bonds. The summed E-state index contributed by atoms with van der Waals surface area (Å²) in [6, 6.07) is 5.12. The second kappa shape index (κ2) is 9.21. The van der Waals surface area contributed by atoms with E-state index in [9.17, 15) is 9.59 Å². The smallest absolute Gasteiger partial charge is 0.335 e. The average Bonchev–Trinajstić information content (AvgIpc) is 2.60. The fourth-order valence-corrected chi connectivity index (χ4v) is 2.64. The summed E-state index contributed by atoms with van der Waals surface area (Å²) < 4.78 is 21.3. The molecule has 0 bridgehead atoms. The summed E-state index contributed by atoms with van der Waals surface area (Å²) in [5.74, 6) is -0.630. The topological polar surface area (TPSA) is 117 Å². The van der Waals surface area contributed by atoms with Crippen LogP contribution in [0, 0.1) is 0 Å². The maximum atomic E-state index is 11.8. The number of hydrogen-bond donors (Lipinski definition) is 2. The van der Waals surface area contributed by atoms with Crippen LogP contribution in [-0.2, 0) is 23.8 Å².